The van der Waals surface area contributed by atoms with Crippen molar-refractivity contribution < 1.29 is 9.90 Å². The molecule has 1 amide bonds. The zero-order chi connectivity index (χ0) is 18.7. The van der Waals surface area contributed by atoms with Gasteiger partial charge in [0.1, 0.15) is 5.75 Å². The third-order valence-corrected chi connectivity index (χ3v) is 4.21. The number of phenolic OH excluding ortho intramolecular Hbond substituents is 1. The van der Waals surface area contributed by atoms with E-state index in [4.69, 9.17) is 0 Å². The fraction of sp³-hybridized carbons (Fsp3) is 0.200. The first-order valence-electron chi connectivity index (χ1n) is 8.34. The van der Waals surface area contributed by atoms with Crippen molar-refractivity contribution >= 4 is 16.7 Å². The van der Waals surface area contributed by atoms with E-state index in [1.807, 2.05) is 19.0 Å². The fourth-order valence-electron chi connectivity index (χ4n) is 2.82. The van der Waals surface area contributed by atoms with Gasteiger partial charge < -0.3 is 20.3 Å². The number of hydrogen-bond donors (Lipinski definition) is 3. The van der Waals surface area contributed by atoms with E-state index < -0.39 is 0 Å². The number of H-pyrrole nitrogens is 1. The molecule has 0 saturated carbocycles. The molecule has 26 heavy (non-hydrogen) atoms. The van der Waals surface area contributed by atoms with E-state index in [0.29, 0.717) is 28.4 Å². The molecule has 134 valence electrons. The Labute approximate surface area is 151 Å². The van der Waals surface area contributed by atoms with E-state index in [2.05, 4.69) is 10.3 Å². The van der Waals surface area contributed by atoms with Crippen LogP contribution in [0.5, 0.6) is 5.75 Å². The highest BCUT2D eigenvalue weighted by Gasteiger charge is 2.12. The lowest BCUT2D eigenvalue weighted by molar-refractivity contribution is 0.0951. The third kappa shape index (κ3) is 3.60. The largest absolute Gasteiger partial charge is 0.507 e. The van der Waals surface area contributed by atoms with Crippen LogP contribution in [0.2, 0.25) is 0 Å². The van der Waals surface area contributed by atoms with Crippen LogP contribution in [0.15, 0.2) is 53.5 Å². The molecule has 6 heteroatoms. The molecule has 3 aromatic rings. The highest BCUT2D eigenvalue weighted by molar-refractivity contribution is 6.00. The molecular formula is C20H21N3O3. The summed E-state index contributed by atoms with van der Waals surface area (Å²) in [5, 5.41) is 14.0. The Morgan fingerprint density at radius 1 is 1.15 bits per heavy atom. The van der Waals surface area contributed by atoms with E-state index in [-0.39, 0.29) is 17.2 Å². The molecule has 0 radical (unpaired) electrons. The minimum absolute atomic E-state index is 0.0501. The molecule has 1 heterocycles. The van der Waals surface area contributed by atoms with Crippen LogP contribution < -0.4 is 10.9 Å². The minimum atomic E-state index is -0.253. The van der Waals surface area contributed by atoms with Crippen LogP contribution in [0, 0.1) is 0 Å². The summed E-state index contributed by atoms with van der Waals surface area (Å²) in [6, 6.07) is 11.9. The number of nitrogens with one attached hydrogen (secondary N) is 2. The number of rotatable bonds is 5. The standard InChI is InChI=1S/C20H21N3O3/c1-23(2)11-10-21-19(25)14-8-6-13(7-9-14)16-12-22-20(26)15-4-3-5-17(24)18(15)16/h3-9,12,24H,10-11H2,1-2H3,(H,21,25)(H,22,26). The Balaban J connectivity index is 1.90. The molecule has 3 rings (SSSR count). The number of carbonyl (C=O) groups is 1. The summed E-state index contributed by atoms with van der Waals surface area (Å²) < 4.78 is 0. The van der Waals surface area contributed by atoms with Gasteiger partial charge in [0.25, 0.3) is 11.5 Å². The molecule has 0 aliphatic carbocycles. The van der Waals surface area contributed by atoms with Crippen LogP contribution in [-0.4, -0.2) is 48.1 Å². The molecular weight excluding hydrogens is 330 g/mol. The average molecular weight is 351 g/mol. The molecule has 0 fully saturated rings. The lowest BCUT2D eigenvalue weighted by atomic mass is 9.99. The van der Waals surface area contributed by atoms with Crippen molar-refractivity contribution in [1.82, 2.24) is 15.2 Å². The van der Waals surface area contributed by atoms with Gasteiger partial charge in [0, 0.05) is 35.8 Å². The molecule has 1 aromatic heterocycles. The Bertz CT molecular complexity index is 991. The number of phenols is 1. The maximum Gasteiger partial charge on any atom is 0.255 e. The van der Waals surface area contributed by atoms with Gasteiger partial charge in [0.2, 0.25) is 0 Å². The first kappa shape index (κ1) is 17.7. The zero-order valence-electron chi connectivity index (χ0n) is 14.7. The van der Waals surface area contributed by atoms with E-state index in [9.17, 15) is 14.7 Å². The Hall–Kier alpha value is -3.12. The molecule has 6 nitrogen and oxygen atoms in total. The van der Waals surface area contributed by atoms with Crippen molar-refractivity contribution in [3.63, 3.8) is 0 Å². The van der Waals surface area contributed by atoms with Gasteiger partial charge in [0.15, 0.2) is 0 Å². The highest BCUT2D eigenvalue weighted by atomic mass is 16.3. The molecule has 0 bridgehead atoms. The molecule has 0 saturated heterocycles. The highest BCUT2D eigenvalue weighted by Crippen LogP contribution is 2.32. The van der Waals surface area contributed by atoms with Crippen molar-refractivity contribution in [2.24, 2.45) is 0 Å². The van der Waals surface area contributed by atoms with Gasteiger partial charge in [-0.2, -0.15) is 0 Å². The van der Waals surface area contributed by atoms with Crippen molar-refractivity contribution in [2.45, 2.75) is 0 Å². The van der Waals surface area contributed by atoms with Gasteiger partial charge in [0.05, 0.1) is 5.39 Å². The van der Waals surface area contributed by atoms with Gasteiger partial charge in [-0.05, 0) is 43.9 Å². The summed E-state index contributed by atoms with van der Waals surface area (Å²) in [4.78, 5) is 28.8. The Morgan fingerprint density at radius 3 is 2.58 bits per heavy atom. The number of fused-ring (bicyclic) bond motifs is 1. The number of pyridine rings is 1. The molecule has 0 aliphatic rings. The second-order valence-electron chi connectivity index (χ2n) is 6.37. The van der Waals surface area contributed by atoms with Crippen LogP contribution in [-0.2, 0) is 0 Å². The summed E-state index contributed by atoms with van der Waals surface area (Å²) in [5.41, 5.74) is 1.82. The summed E-state index contributed by atoms with van der Waals surface area (Å²) in [7, 11) is 3.90. The number of hydrogen-bond acceptors (Lipinski definition) is 4. The maximum atomic E-state index is 12.2. The first-order chi connectivity index (χ1) is 12.5. The number of aromatic amines is 1. The smallest absolute Gasteiger partial charge is 0.255 e. The maximum absolute atomic E-state index is 12.2. The van der Waals surface area contributed by atoms with E-state index >= 15 is 0 Å². The van der Waals surface area contributed by atoms with Crippen LogP contribution in [0.1, 0.15) is 10.4 Å². The monoisotopic (exact) mass is 351 g/mol. The zero-order valence-corrected chi connectivity index (χ0v) is 14.7. The van der Waals surface area contributed by atoms with Crippen molar-refractivity contribution in [1.29, 1.82) is 0 Å². The average Bonchev–Trinajstić information content (AvgIpc) is 2.62. The van der Waals surface area contributed by atoms with Crippen LogP contribution >= 0.6 is 0 Å². The summed E-state index contributed by atoms with van der Waals surface area (Å²) in [6.45, 7) is 1.35. The lowest BCUT2D eigenvalue weighted by Gasteiger charge is -2.11. The molecule has 0 spiro atoms. The van der Waals surface area contributed by atoms with Crippen molar-refractivity contribution in [3.8, 4) is 16.9 Å². The number of carbonyl (C=O) groups excluding carboxylic acids is 1. The van der Waals surface area contributed by atoms with Crippen LogP contribution in [0.3, 0.4) is 0 Å². The van der Waals surface area contributed by atoms with Gasteiger partial charge in [-0.1, -0.05) is 18.2 Å². The van der Waals surface area contributed by atoms with E-state index in [1.54, 1.807) is 48.7 Å². The molecule has 0 unspecified atom stereocenters. The van der Waals surface area contributed by atoms with E-state index in [1.165, 1.54) is 0 Å². The Morgan fingerprint density at radius 2 is 1.88 bits per heavy atom. The predicted molar refractivity (Wildman–Crippen MR) is 103 cm³/mol. The minimum Gasteiger partial charge on any atom is -0.507 e. The van der Waals surface area contributed by atoms with Crippen LogP contribution in [0.25, 0.3) is 21.9 Å². The predicted octanol–water partition coefficient (Wildman–Crippen LogP) is 2.19. The fourth-order valence-corrected chi connectivity index (χ4v) is 2.82. The third-order valence-electron chi connectivity index (χ3n) is 4.21. The lowest BCUT2D eigenvalue weighted by Crippen LogP contribution is -2.31. The topological polar surface area (TPSA) is 85.4 Å². The van der Waals surface area contributed by atoms with Gasteiger partial charge in [-0.25, -0.2) is 0 Å². The summed E-state index contributed by atoms with van der Waals surface area (Å²) in [6.07, 6.45) is 1.58. The van der Waals surface area contributed by atoms with Gasteiger partial charge in [-0.3, -0.25) is 9.59 Å². The van der Waals surface area contributed by atoms with Crippen molar-refractivity contribution in [3.05, 3.63) is 64.6 Å². The molecule has 0 aliphatic heterocycles. The summed E-state index contributed by atoms with van der Waals surface area (Å²) in [5.74, 6) is -0.0818. The van der Waals surface area contributed by atoms with Crippen molar-refractivity contribution in [2.75, 3.05) is 27.2 Å². The molecule has 0 atom stereocenters. The van der Waals surface area contributed by atoms with Crippen LogP contribution in [0.4, 0.5) is 0 Å². The summed E-state index contributed by atoms with van der Waals surface area (Å²) >= 11 is 0. The number of likely N-dealkylation sites (N-methyl/N-ethyl adjacent to an activating group) is 1. The number of benzene rings is 2. The Kier molecular flexibility index (Phi) is 5.04. The molecule has 3 N–H and O–H groups in total. The number of aromatic nitrogens is 1. The molecule has 2 aromatic carbocycles. The van der Waals surface area contributed by atoms with Gasteiger partial charge in [-0.15, -0.1) is 0 Å². The van der Waals surface area contributed by atoms with Gasteiger partial charge >= 0.3 is 0 Å². The normalized spacial score (nSPS) is 11.0. The van der Waals surface area contributed by atoms with E-state index in [0.717, 1.165) is 12.1 Å². The SMILES string of the molecule is CN(C)CCNC(=O)c1ccc(-c2c[nH]c(=O)c3cccc(O)c23)cc1. The number of aromatic hydroxyl groups is 1. The second-order valence-corrected chi connectivity index (χ2v) is 6.37. The first-order valence-corrected chi connectivity index (χ1v) is 8.34. The number of nitrogens with zero attached hydrogens (tertiary/aromatic N) is 1. The number of amides is 1. The second kappa shape index (κ2) is 7.41. The quantitative estimate of drug-likeness (QED) is 0.658.